The van der Waals surface area contributed by atoms with Gasteiger partial charge in [0.25, 0.3) is 11.8 Å². The zero-order valence-corrected chi connectivity index (χ0v) is 23.9. The van der Waals surface area contributed by atoms with Gasteiger partial charge < -0.3 is 24.3 Å². The predicted octanol–water partition coefficient (Wildman–Crippen LogP) is 5.83. The van der Waals surface area contributed by atoms with E-state index in [9.17, 15) is 22.8 Å². The zero-order valence-electron chi connectivity index (χ0n) is 23.9. The van der Waals surface area contributed by atoms with Crippen LogP contribution < -0.4 is 10.2 Å². The van der Waals surface area contributed by atoms with Gasteiger partial charge in [-0.15, -0.1) is 0 Å². The summed E-state index contributed by atoms with van der Waals surface area (Å²) in [6.07, 6.45) is 1.45. The highest BCUT2D eigenvalue weighted by Crippen LogP contribution is 2.37. The summed E-state index contributed by atoms with van der Waals surface area (Å²) < 4.78 is 46.3. The van der Waals surface area contributed by atoms with Gasteiger partial charge in [0.15, 0.2) is 11.5 Å². The average molecular weight is 613 g/mol. The summed E-state index contributed by atoms with van der Waals surface area (Å²) >= 11 is 0. The van der Waals surface area contributed by atoms with Crippen LogP contribution in [0.15, 0.2) is 85.3 Å². The second-order valence-corrected chi connectivity index (χ2v) is 10.8. The number of hydrogen-bond acceptors (Lipinski definition) is 6. The van der Waals surface area contributed by atoms with Crippen molar-refractivity contribution in [2.75, 3.05) is 43.1 Å². The molecule has 1 N–H and O–H groups in total. The zero-order chi connectivity index (χ0) is 31.1. The third-order valence-electron chi connectivity index (χ3n) is 8.07. The number of ether oxygens (including phenoxy) is 1. The maximum Gasteiger partial charge on any atom is 0.416 e. The molecule has 0 unspecified atom stereocenters. The van der Waals surface area contributed by atoms with Crippen LogP contribution in [0.2, 0.25) is 0 Å². The van der Waals surface area contributed by atoms with E-state index in [4.69, 9.17) is 9.72 Å². The Morgan fingerprint density at radius 3 is 2.31 bits per heavy atom. The number of rotatable bonds is 5. The molecule has 2 aliphatic heterocycles. The van der Waals surface area contributed by atoms with Gasteiger partial charge in [0.05, 0.1) is 24.5 Å². The second-order valence-electron chi connectivity index (χ2n) is 10.8. The highest BCUT2D eigenvalue weighted by Gasteiger charge is 2.32. The van der Waals surface area contributed by atoms with Crippen molar-refractivity contribution in [2.24, 2.45) is 0 Å². The van der Waals surface area contributed by atoms with E-state index in [2.05, 4.69) is 10.3 Å². The van der Waals surface area contributed by atoms with Gasteiger partial charge in [-0.1, -0.05) is 12.1 Å². The number of amides is 2. The number of benzene rings is 3. The van der Waals surface area contributed by atoms with E-state index in [-0.39, 0.29) is 17.4 Å². The number of fused-ring (bicyclic) bond motifs is 2. The van der Waals surface area contributed by atoms with Gasteiger partial charge in [0.2, 0.25) is 0 Å². The Kier molecular flexibility index (Phi) is 7.20. The van der Waals surface area contributed by atoms with Gasteiger partial charge in [-0.2, -0.15) is 13.2 Å². The molecule has 4 heterocycles. The first-order chi connectivity index (χ1) is 21.8. The number of nitrogens with zero attached hydrogens (tertiary/aromatic N) is 5. The van der Waals surface area contributed by atoms with Gasteiger partial charge >= 0.3 is 6.18 Å². The van der Waals surface area contributed by atoms with E-state index in [0.717, 1.165) is 28.9 Å². The Hall–Kier alpha value is -5.23. The normalized spacial score (nSPS) is 14.9. The minimum Gasteiger partial charge on any atom is -0.378 e. The van der Waals surface area contributed by atoms with Crippen LogP contribution in [0.4, 0.5) is 30.4 Å². The Morgan fingerprint density at radius 1 is 0.867 bits per heavy atom. The smallest absolute Gasteiger partial charge is 0.378 e. The van der Waals surface area contributed by atoms with Gasteiger partial charge in [0.1, 0.15) is 0 Å². The topological polar surface area (TPSA) is 92.1 Å². The molecule has 0 atom stereocenters. The average Bonchev–Trinajstić information content (AvgIpc) is 3.72. The number of imidazole rings is 1. The van der Waals surface area contributed by atoms with E-state index in [1.165, 1.54) is 12.1 Å². The molecule has 9 nitrogen and oxygen atoms in total. The Labute approximate surface area is 255 Å². The summed E-state index contributed by atoms with van der Waals surface area (Å²) in [6.45, 7) is 2.59. The second kappa shape index (κ2) is 11.4. The highest BCUT2D eigenvalue weighted by atomic mass is 19.4. The van der Waals surface area contributed by atoms with Crippen LogP contribution in [-0.4, -0.2) is 63.9 Å². The molecule has 2 aromatic heterocycles. The van der Waals surface area contributed by atoms with Crippen molar-refractivity contribution < 1.29 is 27.5 Å². The first-order valence-corrected chi connectivity index (χ1v) is 14.5. The van der Waals surface area contributed by atoms with Gasteiger partial charge in [-0.3, -0.25) is 9.59 Å². The lowest BCUT2D eigenvalue weighted by Gasteiger charge is -2.26. The summed E-state index contributed by atoms with van der Waals surface area (Å²) in [5.41, 5.74) is 4.41. The third-order valence-corrected chi connectivity index (χ3v) is 8.07. The number of alkyl halides is 3. The third kappa shape index (κ3) is 5.48. The minimum absolute atomic E-state index is 0.0376. The first kappa shape index (κ1) is 28.5. The number of nitrogens with one attached hydrogen (secondary N) is 1. The largest absolute Gasteiger partial charge is 0.416 e. The van der Waals surface area contributed by atoms with Gasteiger partial charge in [0, 0.05) is 66.3 Å². The predicted molar refractivity (Wildman–Crippen MR) is 162 cm³/mol. The fraction of sp³-hybridized carbons (Fsp3) is 0.212. The standard InChI is InChI=1S/C33H27F3N6O3/c34-33(35,36)23-8-4-22(5-9-23)32(44)42-14-12-26-25(2-1-3-28(26)42)27-20-41-15-13-37-30(41)29(39-27)38-24-10-6-21(7-11-24)31(43)40-16-18-45-19-17-40/h1-11,13,15,20H,12,14,16-19H2,(H,38,39). The Balaban J connectivity index is 1.16. The molecule has 0 saturated carbocycles. The molecular weight excluding hydrogens is 585 g/mol. The molecule has 1 fully saturated rings. The number of morpholine rings is 1. The molecule has 0 spiro atoms. The lowest BCUT2D eigenvalue weighted by atomic mass is 10.0. The lowest BCUT2D eigenvalue weighted by molar-refractivity contribution is -0.137. The van der Waals surface area contributed by atoms with E-state index in [1.54, 1.807) is 28.1 Å². The number of hydrogen-bond donors (Lipinski definition) is 1. The van der Waals surface area contributed by atoms with Gasteiger partial charge in [-0.05, 0) is 66.6 Å². The van der Waals surface area contributed by atoms with Crippen molar-refractivity contribution in [3.8, 4) is 11.3 Å². The molecule has 0 bridgehead atoms. The van der Waals surface area contributed by atoms with Crippen LogP contribution in [0.1, 0.15) is 31.8 Å². The first-order valence-electron chi connectivity index (χ1n) is 14.5. The van der Waals surface area contributed by atoms with E-state index in [0.29, 0.717) is 67.7 Å². The summed E-state index contributed by atoms with van der Waals surface area (Å²) in [4.78, 5) is 39.0. The number of anilines is 3. The Morgan fingerprint density at radius 2 is 1.58 bits per heavy atom. The number of carbonyl (C=O) groups excluding carboxylic acids is 2. The molecule has 7 rings (SSSR count). The molecule has 2 aliphatic rings. The summed E-state index contributed by atoms with van der Waals surface area (Å²) in [5, 5.41) is 3.34. The monoisotopic (exact) mass is 612 g/mol. The molecule has 1 saturated heterocycles. The highest BCUT2D eigenvalue weighted by molar-refractivity contribution is 6.08. The van der Waals surface area contributed by atoms with Crippen molar-refractivity contribution in [2.45, 2.75) is 12.6 Å². The molecule has 228 valence electrons. The van der Waals surface area contributed by atoms with Gasteiger partial charge in [-0.25, -0.2) is 9.97 Å². The van der Waals surface area contributed by atoms with Crippen LogP contribution in [0.5, 0.6) is 0 Å². The summed E-state index contributed by atoms with van der Waals surface area (Å²) in [7, 11) is 0. The van der Waals surface area contributed by atoms with E-state index in [1.807, 2.05) is 47.1 Å². The van der Waals surface area contributed by atoms with Crippen molar-refractivity contribution in [3.63, 3.8) is 0 Å². The SMILES string of the molecule is O=C(c1ccc(Nc2nc(-c3cccc4c3CCN4C(=O)c3ccc(C(F)(F)F)cc3)cn3ccnc23)cc1)N1CCOCC1. The fourth-order valence-corrected chi connectivity index (χ4v) is 5.77. The van der Waals surface area contributed by atoms with E-state index < -0.39 is 11.7 Å². The molecule has 2 amide bonds. The Bertz CT molecular complexity index is 1900. The molecule has 0 aliphatic carbocycles. The van der Waals surface area contributed by atoms with Crippen LogP contribution in [0.25, 0.3) is 16.9 Å². The number of aromatic nitrogens is 3. The fourth-order valence-electron chi connectivity index (χ4n) is 5.77. The summed E-state index contributed by atoms with van der Waals surface area (Å²) in [5.74, 6) is 0.109. The molecule has 0 radical (unpaired) electrons. The minimum atomic E-state index is -4.47. The van der Waals surface area contributed by atoms with Crippen molar-refractivity contribution in [3.05, 3.63) is 108 Å². The van der Waals surface area contributed by atoms with Crippen LogP contribution in [0, 0.1) is 0 Å². The summed E-state index contributed by atoms with van der Waals surface area (Å²) in [6, 6.07) is 17.1. The molecule has 45 heavy (non-hydrogen) atoms. The molecular formula is C33H27F3N6O3. The van der Waals surface area contributed by atoms with Crippen molar-refractivity contribution in [1.29, 1.82) is 0 Å². The number of halogens is 3. The van der Waals surface area contributed by atoms with Crippen molar-refractivity contribution in [1.82, 2.24) is 19.3 Å². The quantitative estimate of drug-likeness (QED) is 0.269. The van der Waals surface area contributed by atoms with E-state index >= 15 is 0 Å². The molecule has 12 heteroatoms. The molecule has 3 aromatic carbocycles. The maximum absolute atomic E-state index is 13.3. The van der Waals surface area contributed by atoms with Crippen LogP contribution in [0.3, 0.4) is 0 Å². The molecule has 5 aromatic rings. The van der Waals surface area contributed by atoms with Crippen molar-refractivity contribution >= 4 is 34.7 Å². The number of carbonyl (C=O) groups is 2. The maximum atomic E-state index is 13.3. The lowest BCUT2D eigenvalue weighted by Crippen LogP contribution is -2.40. The van der Waals surface area contributed by atoms with Crippen LogP contribution in [-0.2, 0) is 17.3 Å². The van der Waals surface area contributed by atoms with Crippen LogP contribution >= 0.6 is 0 Å².